The summed E-state index contributed by atoms with van der Waals surface area (Å²) in [4.78, 5) is 13.3. The number of nitrogens with one attached hydrogen (secondary N) is 1. The zero-order chi connectivity index (χ0) is 64.0. The number of amides is 1. The standard InChI is InChI=1S/C69H127NO18/c1-3-5-7-9-11-13-15-16-17-18-19-20-21-22-23-24-25-26-27-28-29-30-31-32-33-34-35-36-37-38-40-42-44-46-53(74)52(70-57(75)47-45-43-41-39-14-12-10-8-6-4-2)51-83-67-63(81)60(78)65(55(49-72)85-67)88-69-64(82)61(79)66(56(50-73)86-69)87-68-62(80)59(77)58(76)54(48-71)84-68/h8,10,37-38,44,46,52-56,58-69,71-74,76-82H,3-7,9,11-36,39-43,45,47-51H2,1-2H3,(H,70,75)/b10-8-,38-37+,46-44+. The minimum Gasteiger partial charge on any atom is -0.394 e. The van der Waals surface area contributed by atoms with Crippen molar-refractivity contribution in [2.75, 3.05) is 26.4 Å². The summed E-state index contributed by atoms with van der Waals surface area (Å²) < 4.78 is 34.2. The normalized spacial score (nSPS) is 28.6. The molecule has 0 spiro atoms. The molecule has 19 heteroatoms. The van der Waals surface area contributed by atoms with Crippen molar-refractivity contribution in [1.82, 2.24) is 5.32 Å². The minimum absolute atomic E-state index is 0.224. The van der Waals surface area contributed by atoms with Gasteiger partial charge in [0.15, 0.2) is 18.9 Å². The van der Waals surface area contributed by atoms with Crippen molar-refractivity contribution in [3.05, 3.63) is 36.5 Å². The Morgan fingerprint density at radius 3 is 1.18 bits per heavy atom. The third kappa shape index (κ3) is 33.2. The minimum atomic E-state index is -1.98. The van der Waals surface area contributed by atoms with Crippen LogP contribution in [0.3, 0.4) is 0 Å². The molecule has 0 aromatic rings. The second-order valence-corrected chi connectivity index (χ2v) is 25.3. The summed E-state index contributed by atoms with van der Waals surface area (Å²) in [5, 5.41) is 120. The summed E-state index contributed by atoms with van der Waals surface area (Å²) in [7, 11) is 0. The highest BCUT2D eigenvalue weighted by Crippen LogP contribution is 2.33. The second kappa shape index (κ2) is 51.4. The fourth-order valence-electron chi connectivity index (χ4n) is 11.9. The van der Waals surface area contributed by atoms with Crippen LogP contribution in [0.15, 0.2) is 36.5 Å². The number of aliphatic hydroxyl groups is 11. The van der Waals surface area contributed by atoms with E-state index in [1.54, 1.807) is 6.08 Å². The average Bonchev–Trinajstić information content (AvgIpc) is 1.21. The van der Waals surface area contributed by atoms with E-state index in [4.69, 9.17) is 28.4 Å². The summed E-state index contributed by atoms with van der Waals surface area (Å²) in [6.07, 6.45) is 33.3. The van der Waals surface area contributed by atoms with E-state index in [0.29, 0.717) is 12.8 Å². The molecule has 0 bridgehead atoms. The third-order valence-electron chi connectivity index (χ3n) is 17.6. The first-order chi connectivity index (χ1) is 42.8. The molecule has 3 saturated heterocycles. The van der Waals surface area contributed by atoms with Gasteiger partial charge in [0.1, 0.15) is 73.2 Å². The van der Waals surface area contributed by atoms with Crippen LogP contribution < -0.4 is 5.32 Å². The molecule has 516 valence electrons. The Balaban J connectivity index is 1.36. The predicted octanol–water partition coefficient (Wildman–Crippen LogP) is 9.22. The first kappa shape index (κ1) is 80.2. The summed E-state index contributed by atoms with van der Waals surface area (Å²) in [6.45, 7) is 1.64. The molecule has 0 aromatic carbocycles. The molecule has 3 rings (SSSR count). The van der Waals surface area contributed by atoms with Crippen LogP contribution in [0.2, 0.25) is 0 Å². The second-order valence-electron chi connectivity index (χ2n) is 25.3. The first-order valence-corrected chi connectivity index (χ1v) is 35.2. The highest BCUT2D eigenvalue weighted by Gasteiger charge is 2.53. The Hall–Kier alpha value is -1.99. The van der Waals surface area contributed by atoms with Gasteiger partial charge in [0.2, 0.25) is 5.91 Å². The number of ether oxygens (including phenoxy) is 6. The molecule has 3 heterocycles. The fourth-order valence-corrected chi connectivity index (χ4v) is 11.9. The predicted molar refractivity (Wildman–Crippen MR) is 342 cm³/mol. The van der Waals surface area contributed by atoms with E-state index in [-0.39, 0.29) is 18.9 Å². The quantitative estimate of drug-likeness (QED) is 0.0199. The number of unbranched alkanes of at least 4 members (excludes halogenated alkanes) is 34. The van der Waals surface area contributed by atoms with Crippen LogP contribution >= 0.6 is 0 Å². The number of rotatable bonds is 54. The molecule has 0 radical (unpaired) electrons. The molecule has 1 amide bonds. The highest BCUT2D eigenvalue weighted by molar-refractivity contribution is 5.76. The van der Waals surface area contributed by atoms with Gasteiger partial charge < -0.3 is 89.9 Å². The number of allylic oxidation sites excluding steroid dienone is 5. The number of carbonyl (C=O) groups excluding carboxylic acids is 1. The van der Waals surface area contributed by atoms with E-state index in [9.17, 15) is 61.0 Å². The van der Waals surface area contributed by atoms with Gasteiger partial charge in [0, 0.05) is 6.42 Å². The van der Waals surface area contributed by atoms with E-state index in [0.717, 1.165) is 64.2 Å². The molecule has 3 fully saturated rings. The van der Waals surface area contributed by atoms with Gasteiger partial charge in [-0.05, 0) is 51.4 Å². The van der Waals surface area contributed by atoms with Crippen molar-refractivity contribution >= 4 is 5.91 Å². The molecule has 0 saturated carbocycles. The lowest BCUT2D eigenvalue weighted by Gasteiger charge is -2.48. The van der Waals surface area contributed by atoms with Crippen molar-refractivity contribution in [3.63, 3.8) is 0 Å². The topological polar surface area (TPSA) is 307 Å². The Kier molecular flexibility index (Phi) is 46.9. The summed E-state index contributed by atoms with van der Waals surface area (Å²) in [6, 6.07) is -0.993. The maximum absolute atomic E-state index is 13.3. The van der Waals surface area contributed by atoms with Gasteiger partial charge in [-0.15, -0.1) is 0 Å². The summed E-state index contributed by atoms with van der Waals surface area (Å²) in [5.74, 6) is -0.297. The van der Waals surface area contributed by atoms with Crippen LogP contribution in [0, 0.1) is 0 Å². The van der Waals surface area contributed by atoms with Crippen molar-refractivity contribution in [1.29, 1.82) is 0 Å². The van der Waals surface area contributed by atoms with Gasteiger partial charge in [-0.3, -0.25) is 4.79 Å². The zero-order valence-electron chi connectivity index (χ0n) is 54.5. The van der Waals surface area contributed by atoms with Crippen LogP contribution in [-0.4, -0.2) is 193 Å². The van der Waals surface area contributed by atoms with E-state index >= 15 is 0 Å². The van der Waals surface area contributed by atoms with Gasteiger partial charge in [0.25, 0.3) is 0 Å². The van der Waals surface area contributed by atoms with Gasteiger partial charge in [-0.1, -0.05) is 243 Å². The molecular formula is C69H127NO18. The molecule has 17 atom stereocenters. The number of aliphatic hydroxyl groups excluding tert-OH is 11. The molecule has 0 aliphatic carbocycles. The van der Waals surface area contributed by atoms with E-state index in [2.05, 4.69) is 43.5 Å². The number of hydrogen-bond donors (Lipinski definition) is 12. The molecule has 19 nitrogen and oxygen atoms in total. The van der Waals surface area contributed by atoms with Crippen molar-refractivity contribution in [3.8, 4) is 0 Å². The summed E-state index contributed by atoms with van der Waals surface area (Å²) >= 11 is 0. The Morgan fingerprint density at radius 2 is 0.750 bits per heavy atom. The molecule has 3 aliphatic rings. The number of carbonyl (C=O) groups is 1. The summed E-state index contributed by atoms with van der Waals surface area (Å²) in [5.41, 5.74) is 0. The third-order valence-corrected chi connectivity index (χ3v) is 17.6. The lowest BCUT2D eigenvalue weighted by Crippen LogP contribution is -2.66. The lowest BCUT2D eigenvalue weighted by molar-refractivity contribution is -0.379. The molecule has 12 N–H and O–H groups in total. The maximum atomic E-state index is 13.3. The van der Waals surface area contributed by atoms with Gasteiger partial charge in [-0.25, -0.2) is 0 Å². The smallest absolute Gasteiger partial charge is 0.220 e. The van der Waals surface area contributed by atoms with E-state index in [1.165, 1.54) is 167 Å². The van der Waals surface area contributed by atoms with E-state index in [1.807, 2.05) is 6.08 Å². The van der Waals surface area contributed by atoms with Crippen LogP contribution in [0.1, 0.15) is 264 Å². The Morgan fingerprint density at radius 1 is 0.398 bits per heavy atom. The van der Waals surface area contributed by atoms with Crippen molar-refractivity contribution in [2.24, 2.45) is 0 Å². The zero-order valence-corrected chi connectivity index (χ0v) is 54.5. The molecule has 0 aromatic heterocycles. The Bertz CT molecular complexity index is 1740. The maximum Gasteiger partial charge on any atom is 0.220 e. The van der Waals surface area contributed by atoms with Crippen LogP contribution in [0.5, 0.6) is 0 Å². The van der Waals surface area contributed by atoms with Gasteiger partial charge in [-0.2, -0.15) is 0 Å². The highest BCUT2D eigenvalue weighted by atomic mass is 16.8. The lowest BCUT2D eigenvalue weighted by atomic mass is 9.96. The fraction of sp³-hybridized carbons (Fsp3) is 0.899. The Labute approximate surface area is 530 Å². The SMILES string of the molecule is CCC/C=C\CCCCCCCC(=O)NC(COC1OC(CO)C(OC2OC(CO)C(OC3OC(CO)C(O)C(O)C3O)C(O)C2O)C(O)C1O)C(O)/C=C/CC/C=C/CCCCCCCCCCCCCCCCCCCCCCCCCCCCC. The van der Waals surface area contributed by atoms with Crippen molar-refractivity contribution < 1.29 is 89.4 Å². The van der Waals surface area contributed by atoms with Crippen LogP contribution in [0.25, 0.3) is 0 Å². The van der Waals surface area contributed by atoms with Crippen LogP contribution in [0.4, 0.5) is 0 Å². The average molecular weight is 1260 g/mol. The molecule has 88 heavy (non-hydrogen) atoms. The van der Waals surface area contributed by atoms with E-state index < -0.39 is 124 Å². The van der Waals surface area contributed by atoms with Crippen LogP contribution in [-0.2, 0) is 33.2 Å². The van der Waals surface area contributed by atoms with Gasteiger partial charge >= 0.3 is 0 Å². The largest absolute Gasteiger partial charge is 0.394 e. The van der Waals surface area contributed by atoms with Gasteiger partial charge in [0.05, 0.1) is 38.6 Å². The molecule has 17 unspecified atom stereocenters. The molecular weight excluding hydrogens is 1130 g/mol. The molecule has 3 aliphatic heterocycles. The first-order valence-electron chi connectivity index (χ1n) is 35.2. The monoisotopic (exact) mass is 1260 g/mol. The number of hydrogen-bond acceptors (Lipinski definition) is 18. The van der Waals surface area contributed by atoms with Crippen molar-refractivity contribution in [2.45, 2.75) is 369 Å².